The van der Waals surface area contributed by atoms with E-state index in [0.717, 1.165) is 34.6 Å². The summed E-state index contributed by atoms with van der Waals surface area (Å²) in [6.45, 7) is 0.0235. The van der Waals surface area contributed by atoms with Crippen LogP contribution in [0.2, 0.25) is 0 Å². The van der Waals surface area contributed by atoms with E-state index in [0.29, 0.717) is 12.1 Å². The van der Waals surface area contributed by atoms with Crippen molar-refractivity contribution in [3.8, 4) is 0 Å². The minimum Gasteiger partial charge on any atom is -0.335 e. The predicted octanol–water partition coefficient (Wildman–Crippen LogP) is 4.70. The molecule has 0 aliphatic carbocycles. The summed E-state index contributed by atoms with van der Waals surface area (Å²) in [5.74, 6) is 0. The molecule has 0 unspecified atom stereocenters. The number of halogens is 6. The smallest absolute Gasteiger partial charge is 0.335 e. The first-order valence-electron chi connectivity index (χ1n) is 9.69. The van der Waals surface area contributed by atoms with Gasteiger partial charge in [-0.3, -0.25) is 0 Å². The Morgan fingerprint density at radius 2 is 1.45 bits per heavy atom. The second kappa shape index (κ2) is 9.21. The number of alkyl halides is 6. The van der Waals surface area contributed by atoms with Gasteiger partial charge < -0.3 is 10.6 Å². The van der Waals surface area contributed by atoms with Gasteiger partial charge in [0.25, 0.3) is 0 Å². The third kappa shape index (κ3) is 6.16. The van der Waals surface area contributed by atoms with E-state index in [4.69, 9.17) is 0 Å². The molecular weight excluding hydrogens is 476 g/mol. The Hall–Kier alpha value is -2.80. The van der Waals surface area contributed by atoms with Crippen LogP contribution in [0.25, 0.3) is 0 Å². The number of carbonyl (C=O) groups excluding carboxylic acids is 1. The van der Waals surface area contributed by atoms with Crippen molar-refractivity contribution in [2.75, 3.05) is 18.4 Å². The Morgan fingerprint density at radius 1 is 0.879 bits per heavy atom. The highest BCUT2D eigenvalue weighted by Crippen LogP contribution is 2.31. The van der Waals surface area contributed by atoms with E-state index in [9.17, 15) is 39.6 Å². The summed E-state index contributed by atoms with van der Waals surface area (Å²) in [5.41, 5.74) is -1.93. The minimum atomic E-state index is -4.58. The van der Waals surface area contributed by atoms with Gasteiger partial charge in [-0.1, -0.05) is 6.07 Å². The lowest BCUT2D eigenvalue weighted by molar-refractivity contribution is -0.138. The average molecular weight is 495 g/mol. The van der Waals surface area contributed by atoms with Crippen LogP contribution in [0.15, 0.2) is 53.4 Å². The lowest BCUT2D eigenvalue weighted by atomic mass is 10.1. The van der Waals surface area contributed by atoms with Gasteiger partial charge in [-0.15, -0.1) is 0 Å². The fourth-order valence-corrected chi connectivity index (χ4v) is 4.80. The van der Waals surface area contributed by atoms with Gasteiger partial charge in [0.05, 0.1) is 16.0 Å². The second-order valence-corrected chi connectivity index (χ2v) is 9.32. The normalized spacial score (nSPS) is 16.4. The number of hydrogen-bond acceptors (Lipinski definition) is 3. The highest BCUT2D eigenvalue weighted by atomic mass is 32.2. The zero-order chi connectivity index (χ0) is 24.4. The largest absolute Gasteiger partial charge is 0.416 e. The maximum atomic E-state index is 12.8. The van der Waals surface area contributed by atoms with Crippen LogP contribution in [0.1, 0.15) is 24.0 Å². The zero-order valence-corrected chi connectivity index (χ0v) is 17.7. The molecular formula is C20H19F6N3O3S. The number of benzene rings is 2. The summed E-state index contributed by atoms with van der Waals surface area (Å²) >= 11 is 0. The van der Waals surface area contributed by atoms with Crippen molar-refractivity contribution >= 4 is 21.7 Å². The monoisotopic (exact) mass is 495 g/mol. The van der Waals surface area contributed by atoms with Crippen LogP contribution >= 0.6 is 0 Å². The summed E-state index contributed by atoms with van der Waals surface area (Å²) < 4.78 is 103. The van der Waals surface area contributed by atoms with Crippen LogP contribution in [0.5, 0.6) is 0 Å². The maximum Gasteiger partial charge on any atom is 0.416 e. The zero-order valence-electron chi connectivity index (χ0n) is 16.9. The molecule has 13 heteroatoms. The van der Waals surface area contributed by atoms with Crippen molar-refractivity contribution in [1.82, 2.24) is 9.62 Å². The number of nitrogens with zero attached hydrogens (tertiary/aromatic N) is 1. The minimum absolute atomic E-state index is 0.0118. The molecule has 0 bridgehead atoms. The van der Waals surface area contributed by atoms with Crippen LogP contribution in [0.4, 0.5) is 36.8 Å². The molecule has 6 nitrogen and oxygen atoms in total. The number of carbonyl (C=O) groups is 1. The number of amides is 2. The van der Waals surface area contributed by atoms with Crippen molar-refractivity contribution in [2.45, 2.75) is 36.1 Å². The molecule has 2 aromatic rings. The summed E-state index contributed by atoms with van der Waals surface area (Å²) in [6.07, 6.45) is -8.70. The molecule has 180 valence electrons. The molecule has 1 aliphatic heterocycles. The van der Waals surface area contributed by atoms with Crippen molar-refractivity contribution < 1.29 is 39.6 Å². The van der Waals surface area contributed by atoms with E-state index in [1.807, 2.05) is 0 Å². The molecule has 1 aliphatic rings. The molecule has 1 heterocycles. The van der Waals surface area contributed by atoms with Crippen LogP contribution in [0.3, 0.4) is 0 Å². The van der Waals surface area contributed by atoms with Gasteiger partial charge in [0, 0.05) is 24.8 Å². The molecule has 0 atom stereocenters. The van der Waals surface area contributed by atoms with Gasteiger partial charge in [-0.2, -0.15) is 30.6 Å². The van der Waals surface area contributed by atoms with Gasteiger partial charge in [0.15, 0.2) is 0 Å². The second-order valence-electron chi connectivity index (χ2n) is 7.38. The lowest BCUT2D eigenvalue weighted by Crippen LogP contribution is -2.47. The summed E-state index contributed by atoms with van der Waals surface area (Å²) in [7, 11) is -4.01. The number of piperidine rings is 1. The number of nitrogens with one attached hydrogen (secondary N) is 2. The molecule has 2 aromatic carbocycles. The number of anilines is 1. The first kappa shape index (κ1) is 24.8. The third-order valence-corrected chi connectivity index (χ3v) is 6.97. The fourth-order valence-electron chi connectivity index (χ4n) is 3.33. The standard InChI is InChI=1S/C20H19F6N3O3S/c21-19(22,23)13-4-6-17(7-5-13)33(31,32)29-10-8-15(9-11-29)27-18(30)28-16-3-1-2-14(12-16)20(24,25)26/h1-7,12,15H,8-11H2,(H2,27,28,30). The predicted molar refractivity (Wildman–Crippen MR) is 107 cm³/mol. The molecule has 3 rings (SSSR count). The number of sulfonamides is 1. The molecule has 2 N–H and O–H groups in total. The average Bonchev–Trinajstić information content (AvgIpc) is 2.73. The van der Waals surface area contributed by atoms with E-state index in [2.05, 4.69) is 10.6 Å². The number of urea groups is 1. The first-order chi connectivity index (χ1) is 15.3. The van der Waals surface area contributed by atoms with Crippen LogP contribution < -0.4 is 10.6 Å². The Balaban J connectivity index is 1.56. The third-order valence-electron chi connectivity index (χ3n) is 5.06. The van der Waals surface area contributed by atoms with E-state index < -0.39 is 45.6 Å². The fraction of sp³-hybridized carbons (Fsp3) is 0.350. The molecule has 33 heavy (non-hydrogen) atoms. The molecule has 0 radical (unpaired) electrons. The highest BCUT2D eigenvalue weighted by molar-refractivity contribution is 7.89. The molecule has 0 spiro atoms. The number of hydrogen-bond donors (Lipinski definition) is 2. The van der Waals surface area contributed by atoms with Crippen LogP contribution in [-0.2, 0) is 22.4 Å². The molecule has 0 saturated carbocycles. The van der Waals surface area contributed by atoms with Crippen molar-refractivity contribution in [3.63, 3.8) is 0 Å². The number of rotatable bonds is 4. The first-order valence-corrected chi connectivity index (χ1v) is 11.1. The van der Waals surface area contributed by atoms with E-state index in [1.165, 1.54) is 6.07 Å². The topological polar surface area (TPSA) is 78.5 Å². The van der Waals surface area contributed by atoms with E-state index in [1.54, 1.807) is 0 Å². The summed E-state index contributed by atoms with van der Waals surface area (Å²) in [5, 5.41) is 4.90. The lowest BCUT2D eigenvalue weighted by Gasteiger charge is -2.31. The van der Waals surface area contributed by atoms with Gasteiger partial charge >= 0.3 is 18.4 Å². The Labute approximate surface area is 185 Å². The maximum absolute atomic E-state index is 12.8. The Kier molecular flexibility index (Phi) is 6.93. The van der Waals surface area contributed by atoms with Crippen molar-refractivity contribution in [1.29, 1.82) is 0 Å². The molecule has 2 amide bonds. The van der Waals surface area contributed by atoms with Crippen molar-refractivity contribution in [2.24, 2.45) is 0 Å². The quantitative estimate of drug-likeness (QED) is 0.604. The van der Waals surface area contributed by atoms with Crippen molar-refractivity contribution in [3.05, 3.63) is 59.7 Å². The van der Waals surface area contributed by atoms with Gasteiger partial charge in [0.2, 0.25) is 10.0 Å². The summed E-state index contributed by atoms with van der Waals surface area (Å²) in [6, 6.07) is 6.12. The van der Waals surface area contributed by atoms with Gasteiger partial charge in [0.1, 0.15) is 0 Å². The molecule has 0 aromatic heterocycles. The molecule has 1 fully saturated rings. The van der Waals surface area contributed by atoms with Gasteiger partial charge in [-0.05, 0) is 55.3 Å². The van der Waals surface area contributed by atoms with Crippen LogP contribution in [-0.4, -0.2) is 37.9 Å². The van der Waals surface area contributed by atoms with Gasteiger partial charge in [-0.25, -0.2) is 13.2 Å². The summed E-state index contributed by atoms with van der Waals surface area (Å²) in [4.78, 5) is 11.9. The Bertz CT molecular complexity index is 1090. The van der Waals surface area contributed by atoms with E-state index >= 15 is 0 Å². The Morgan fingerprint density at radius 3 is 2.00 bits per heavy atom. The highest BCUT2D eigenvalue weighted by Gasteiger charge is 2.33. The molecule has 1 saturated heterocycles. The van der Waals surface area contributed by atoms with E-state index in [-0.39, 0.29) is 36.5 Å². The SMILES string of the molecule is O=C(Nc1cccc(C(F)(F)F)c1)NC1CCN(S(=O)(=O)c2ccc(C(F)(F)F)cc2)CC1. The van der Waals surface area contributed by atoms with Crippen LogP contribution in [0, 0.1) is 0 Å².